The standard InChI is InChI=1S/C11H15OS/c1-9-5-7-10(8-6-9)13(12)11(2,3)4/h5-8H,1H2,2-4H3. The maximum absolute atomic E-state index is 11.9. The lowest BCUT2D eigenvalue weighted by Gasteiger charge is -2.23. The van der Waals surface area contributed by atoms with Gasteiger partial charge in [-0.15, -0.1) is 0 Å². The highest BCUT2D eigenvalue weighted by Gasteiger charge is 2.27. The van der Waals surface area contributed by atoms with Gasteiger partial charge in [-0.05, 0) is 56.6 Å². The molecule has 1 nitrogen and oxygen atoms in total. The summed E-state index contributed by atoms with van der Waals surface area (Å²) in [4.78, 5) is 0.875. The molecule has 0 amide bonds. The van der Waals surface area contributed by atoms with E-state index in [4.69, 9.17) is 0 Å². The molecule has 1 aromatic rings. The first-order chi connectivity index (χ1) is 5.91. The largest absolute Gasteiger partial charge is 0.611 e. The molecule has 0 N–H and O–H groups in total. The molecule has 0 saturated carbocycles. The Bertz CT molecular complexity index is 271. The van der Waals surface area contributed by atoms with Crippen molar-refractivity contribution in [2.24, 2.45) is 0 Å². The van der Waals surface area contributed by atoms with Crippen LogP contribution in [0.4, 0.5) is 0 Å². The van der Waals surface area contributed by atoms with Crippen molar-refractivity contribution in [3.63, 3.8) is 0 Å². The van der Waals surface area contributed by atoms with Crippen LogP contribution in [0.3, 0.4) is 0 Å². The molecule has 1 radical (unpaired) electrons. The zero-order valence-corrected chi connectivity index (χ0v) is 9.15. The van der Waals surface area contributed by atoms with Gasteiger partial charge in [-0.25, -0.2) is 0 Å². The molecule has 0 aliphatic rings. The maximum Gasteiger partial charge on any atom is 0.153 e. The molecule has 2 heteroatoms. The summed E-state index contributed by atoms with van der Waals surface area (Å²) in [5, 5.41) is 0. The van der Waals surface area contributed by atoms with Gasteiger partial charge in [0.2, 0.25) is 0 Å². The van der Waals surface area contributed by atoms with E-state index in [-0.39, 0.29) is 4.75 Å². The van der Waals surface area contributed by atoms with Gasteiger partial charge in [0.1, 0.15) is 4.75 Å². The molecule has 0 spiro atoms. The highest BCUT2D eigenvalue weighted by molar-refractivity contribution is 7.92. The first-order valence-corrected chi connectivity index (χ1v) is 5.40. The Kier molecular flexibility index (Phi) is 3.04. The lowest BCUT2D eigenvalue weighted by molar-refractivity contribution is 0.559. The normalized spacial score (nSPS) is 14.2. The fourth-order valence-electron chi connectivity index (χ4n) is 0.967. The van der Waals surface area contributed by atoms with Gasteiger partial charge in [-0.3, -0.25) is 0 Å². The van der Waals surface area contributed by atoms with E-state index in [0.717, 1.165) is 10.5 Å². The minimum absolute atomic E-state index is 0.192. The van der Waals surface area contributed by atoms with Gasteiger partial charge in [0.25, 0.3) is 0 Å². The fraction of sp³-hybridized carbons (Fsp3) is 0.364. The first kappa shape index (κ1) is 10.6. The molecule has 0 saturated heterocycles. The average Bonchev–Trinajstić information content (AvgIpc) is 2.03. The predicted octanol–water partition coefficient (Wildman–Crippen LogP) is 2.77. The van der Waals surface area contributed by atoms with Crippen molar-refractivity contribution >= 4 is 11.2 Å². The summed E-state index contributed by atoms with van der Waals surface area (Å²) in [5.41, 5.74) is 0.953. The van der Waals surface area contributed by atoms with E-state index in [1.165, 1.54) is 0 Å². The highest BCUT2D eigenvalue weighted by Crippen LogP contribution is 2.24. The lowest BCUT2D eigenvalue weighted by Crippen LogP contribution is -2.27. The smallest absolute Gasteiger partial charge is 0.153 e. The van der Waals surface area contributed by atoms with Crippen LogP contribution < -0.4 is 0 Å². The number of hydrogen-bond acceptors (Lipinski definition) is 1. The third-order valence-corrected chi connectivity index (χ3v) is 3.51. The minimum Gasteiger partial charge on any atom is -0.611 e. The molecule has 0 aliphatic heterocycles. The molecule has 0 heterocycles. The van der Waals surface area contributed by atoms with Crippen LogP contribution in [0.15, 0.2) is 29.2 Å². The summed E-state index contributed by atoms with van der Waals surface area (Å²) in [6, 6.07) is 7.53. The minimum atomic E-state index is -0.937. The Hall–Kier alpha value is -0.470. The van der Waals surface area contributed by atoms with Gasteiger partial charge in [0.15, 0.2) is 4.90 Å². The summed E-state index contributed by atoms with van der Waals surface area (Å²) in [6.07, 6.45) is 0. The average molecular weight is 195 g/mol. The van der Waals surface area contributed by atoms with Gasteiger partial charge in [0, 0.05) is 0 Å². The zero-order valence-electron chi connectivity index (χ0n) is 8.33. The van der Waals surface area contributed by atoms with E-state index in [1.54, 1.807) is 0 Å². The van der Waals surface area contributed by atoms with Crippen LogP contribution in [-0.2, 0) is 11.2 Å². The third-order valence-electron chi connectivity index (χ3n) is 1.69. The van der Waals surface area contributed by atoms with Crippen molar-refractivity contribution in [1.82, 2.24) is 0 Å². The second-order valence-electron chi connectivity index (χ2n) is 4.03. The van der Waals surface area contributed by atoms with Crippen LogP contribution in [0.1, 0.15) is 26.3 Å². The van der Waals surface area contributed by atoms with E-state index in [2.05, 4.69) is 6.92 Å². The van der Waals surface area contributed by atoms with Crippen molar-refractivity contribution in [3.05, 3.63) is 36.8 Å². The summed E-state index contributed by atoms with van der Waals surface area (Å²) in [6.45, 7) is 9.70. The molecular formula is C11H15OS. The Morgan fingerprint density at radius 3 is 2.00 bits per heavy atom. The molecule has 1 rings (SSSR count). The molecule has 0 aromatic heterocycles. The Balaban J connectivity index is 2.90. The predicted molar refractivity (Wildman–Crippen MR) is 57.1 cm³/mol. The third kappa shape index (κ3) is 2.75. The van der Waals surface area contributed by atoms with Crippen molar-refractivity contribution in [2.75, 3.05) is 0 Å². The quantitative estimate of drug-likeness (QED) is 0.632. The molecule has 0 aliphatic carbocycles. The summed E-state index contributed by atoms with van der Waals surface area (Å²) < 4.78 is 11.7. The highest BCUT2D eigenvalue weighted by atomic mass is 32.2. The van der Waals surface area contributed by atoms with Crippen LogP contribution >= 0.6 is 0 Å². The van der Waals surface area contributed by atoms with Crippen molar-refractivity contribution in [2.45, 2.75) is 30.4 Å². The molecular weight excluding hydrogens is 180 g/mol. The van der Waals surface area contributed by atoms with Gasteiger partial charge in [-0.1, -0.05) is 12.1 Å². The Morgan fingerprint density at radius 1 is 1.15 bits per heavy atom. The molecule has 71 valence electrons. The van der Waals surface area contributed by atoms with E-state index in [1.807, 2.05) is 45.0 Å². The summed E-state index contributed by atoms with van der Waals surface area (Å²) in [5.74, 6) is 0. The first-order valence-electron chi connectivity index (χ1n) is 4.25. The van der Waals surface area contributed by atoms with Gasteiger partial charge < -0.3 is 4.55 Å². The van der Waals surface area contributed by atoms with E-state index < -0.39 is 11.2 Å². The Morgan fingerprint density at radius 2 is 1.62 bits per heavy atom. The van der Waals surface area contributed by atoms with Crippen LogP contribution in [-0.4, -0.2) is 9.30 Å². The topological polar surface area (TPSA) is 23.1 Å². The maximum atomic E-state index is 11.9. The Labute approximate surface area is 83.4 Å². The van der Waals surface area contributed by atoms with Crippen LogP contribution in [0.25, 0.3) is 0 Å². The SMILES string of the molecule is [CH2]c1ccc([S+]([O-])C(C)(C)C)cc1. The van der Waals surface area contributed by atoms with Crippen molar-refractivity contribution < 1.29 is 4.55 Å². The van der Waals surface area contributed by atoms with E-state index >= 15 is 0 Å². The molecule has 0 bridgehead atoms. The van der Waals surface area contributed by atoms with Crippen LogP contribution in [0.2, 0.25) is 0 Å². The van der Waals surface area contributed by atoms with Crippen molar-refractivity contribution in [1.29, 1.82) is 0 Å². The molecule has 0 fully saturated rings. The second-order valence-corrected chi connectivity index (χ2v) is 6.26. The van der Waals surface area contributed by atoms with Gasteiger partial charge in [-0.2, -0.15) is 0 Å². The number of hydrogen-bond donors (Lipinski definition) is 0. The van der Waals surface area contributed by atoms with Gasteiger partial charge in [0.05, 0.1) is 0 Å². The zero-order chi connectivity index (χ0) is 10.1. The molecule has 1 atom stereocenters. The second kappa shape index (κ2) is 3.72. The molecule has 1 aromatic carbocycles. The lowest BCUT2D eigenvalue weighted by atomic mass is 10.2. The molecule has 13 heavy (non-hydrogen) atoms. The van der Waals surface area contributed by atoms with E-state index in [9.17, 15) is 4.55 Å². The van der Waals surface area contributed by atoms with Crippen molar-refractivity contribution in [3.8, 4) is 0 Å². The summed E-state index contributed by atoms with van der Waals surface area (Å²) in [7, 11) is 0. The number of rotatable bonds is 1. The van der Waals surface area contributed by atoms with E-state index in [0.29, 0.717) is 0 Å². The monoisotopic (exact) mass is 195 g/mol. The van der Waals surface area contributed by atoms with Gasteiger partial charge >= 0.3 is 0 Å². The number of benzene rings is 1. The summed E-state index contributed by atoms with van der Waals surface area (Å²) >= 11 is -0.937. The van der Waals surface area contributed by atoms with Crippen LogP contribution in [0, 0.1) is 6.92 Å². The fourth-order valence-corrected chi connectivity index (χ4v) is 2.06. The van der Waals surface area contributed by atoms with Crippen LogP contribution in [0.5, 0.6) is 0 Å². The molecule has 1 unspecified atom stereocenters.